The summed E-state index contributed by atoms with van der Waals surface area (Å²) in [5.41, 5.74) is 2.83. The van der Waals surface area contributed by atoms with Crippen molar-refractivity contribution < 1.29 is 18.7 Å². The van der Waals surface area contributed by atoms with E-state index < -0.39 is 0 Å². The lowest BCUT2D eigenvalue weighted by molar-refractivity contribution is 0.161. The summed E-state index contributed by atoms with van der Waals surface area (Å²) in [5.74, 6) is 1.91. The number of benzene rings is 2. The number of oxime groups is 1. The maximum absolute atomic E-state index is 11.9. The zero-order valence-corrected chi connectivity index (χ0v) is 19.8. The fourth-order valence-corrected chi connectivity index (χ4v) is 3.07. The molecule has 1 saturated heterocycles. The van der Waals surface area contributed by atoms with E-state index in [-0.39, 0.29) is 5.82 Å². The number of aromatic nitrogens is 2. The first-order chi connectivity index (χ1) is 16.5. The number of morpholine rings is 1. The molecule has 0 amide bonds. The van der Waals surface area contributed by atoms with Gasteiger partial charge in [0.25, 0.3) is 0 Å². The summed E-state index contributed by atoms with van der Waals surface area (Å²) in [5, 5.41) is 4.06. The molecule has 3 aromatic rings. The standard InChI is InChI=1S/C18H22N4O3.C6H5F.C2H2/c1-13-11-22(12-19-13)15-6-5-14(9-16(15)23-3)10-17-18(20-24-4)21(2)7-8-25-17;7-6-4-2-1-3-5-6;1-2/h5-6,9-12H,7-8H2,1-4H3;1-5H;1-2H/b17-10+,20-18-;;. The van der Waals surface area contributed by atoms with Gasteiger partial charge in [0.1, 0.15) is 25.3 Å². The molecule has 1 fully saturated rings. The second-order valence-electron chi connectivity index (χ2n) is 7.03. The molecule has 2 heterocycles. The zero-order chi connectivity index (χ0) is 24.9. The van der Waals surface area contributed by atoms with E-state index in [1.807, 2.05) is 53.9 Å². The predicted octanol–water partition coefficient (Wildman–Crippen LogP) is 4.53. The van der Waals surface area contributed by atoms with Crippen LogP contribution in [0, 0.1) is 25.6 Å². The van der Waals surface area contributed by atoms with Crippen molar-refractivity contribution in [1.82, 2.24) is 14.5 Å². The number of hydrogen-bond donors (Lipinski definition) is 0. The van der Waals surface area contributed by atoms with Gasteiger partial charge >= 0.3 is 0 Å². The van der Waals surface area contributed by atoms with Crippen LogP contribution in [0.1, 0.15) is 11.3 Å². The third kappa shape index (κ3) is 7.14. The number of imidazole rings is 1. The van der Waals surface area contributed by atoms with Crippen LogP contribution < -0.4 is 4.74 Å². The van der Waals surface area contributed by atoms with Crippen LogP contribution in [-0.4, -0.2) is 54.7 Å². The van der Waals surface area contributed by atoms with Crippen LogP contribution >= 0.6 is 0 Å². The second-order valence-corrected chi connectivity index (χ2v) is 7.03. The number of likely N-dealkylation sites (N-methyl/N-ethyl adjacent to an activating group) is 1. The van der Waals surface area contributed by atoms with E-state index in [2.05, 4.69) is 23.0 Å². The summed E-state index contributed by atoms with van der Waals surface area (Å²) in [7, 11) is 5.14. The first-order valence-corrected chi connectivity index (χ1v) is 10.4. The number of rotatable bonds is 4. The molecule has 178 valence electrons. The largest absolute Gasteiger partial charge is 0.495 e. The van der Waals surface area contributed by atoms with Crippen LogP contribution in [0.3, 0.4) is 0 Å². The van der Waals surface area contributed by atoms with Gasteiger partial charge in [0, 0.05) is 13.2 Å². The normalized spacial score (nSPS) is 14.9. The van der Waals surface area contributed by atoms with Gasteiger partial charge in [-0.1, -0.05) is 29.4 Å². The minimum Gasteiger partial charge on any atom is -0.495 e. The molecule has 0 unspecified atom stereocenters. The van der Waals surface area contributed by atoms with Gasteiger partial charge in [0.15, 0.2) is 5.76 Å². The molecular weight excluding hydrogens is 435 g/mol. The van der Waals surface area contributed by atoms with E-state index in [9.17, 15) is 4.39 Å². The van der Waals surface area contributed by atoms with Crippen LogP contribution in [0.2, 0.25) is 0 Å². The van der Waals surface area contributed by atoms with Crippen molar-refractivity contribution in [3.63, 3.8) is 0 Å². The molecule has 0 saturated carbocycles. The number of hydrogen-bond acceptors (Lipinski definition) is 5. The van der Waals surface area contributed by atoms with Gasteiger partial charge in [-0.05, 0) is 42.8 Å². The van der Waals surface area contributed by atoms with Crippen molar-refractivity contribution >= 4 is 11.9 Å². The number of amidine groups is 1. The van der Waals surface area contributed by atoms with E-state index in [1.54, 1.807) is 31.6 Å². The van der Waals surface area contributed by atoms with E-state index in [0.717, 1.165) is 29.2 Å². The van der Waals surface area contributed by atoms with Crippen LogP contribution in [0.25, 0.3) is 11.8 Å². The van der Waals surface area contributed by atoms with Crippen molar-refractivity contribution in [3.05, 3.63) is 83.9 Å². The Morgan fingerprint density at radius 2 is 1.88 bits per heavy atom. The minimum atomic E-state index is -0.178. The molecule has 0 radical (unpaired) electrons. The molecule has 0 spiro atoms. The zero-order valence-electron chi connectivity index (χ0n) is 19.8. The summed E-state index contributed by atoms with van der Waals surface area (Å²) < 4.78 is 25.2. The van der Waals surface area contributed by atoms with Gasteiger partial charge in [-0.25, -0.2) is 9.37 Å². The third-order valence-electron chi connectivity index (χ3n) is 4.67. The summed E-state index contributed by atoms with van der Waals surface area (Å²) in [4.78, 5) is 11.2. The molecule has 4 rings (SSSR count). The van der Waals surface area contributed by atoms with E-state index >= 15 is 0 Å². The number of halogens is 1. The second kappa shape index (κ2) is 13.3. The summed E-state index contributed by atoms with van der Waals surface area (Å²) in [6.07, 6.45) is 13.7. The van der Waals surface area contributed by atoms with Crippen molar-refractivity contribution in [3.8, 4) is 24.3 Å². The number of terminal acetylenes is 1. The Labute approximate surface area is 200 Å². The molecule has 0 N–H and O–H groups in total. The molecule has 34 heavy (non-hydrogen) atoms. The van der Waals surface area contributed by atoms with Crippen LogP contribution in [0.4, 0.5) is 4.39 Å². The Morgan fingerprint density at radius 3 is 2.44 bits per heavy atom. The molecule has 0 atom stereocenters. The Kier molecular flexibility index (Phi) is 10.2. The molecule has 0 aliphatic carbocycles. The molecule has 8 heteroatoms. The fourth-order valence-electron chi connectivity index (χ4n) is 3.07. The van der Waals surface area contributed by atoms with Gasteiger partial charge in [-0.2, -0.15) is 0 Å². The highest BCUT2D eigenvalue weighted by Crippen LogP contribution is 2.26. The summed E-state index contributed by atoms with van der Waals surface area (Å²) in [6, 6.07) is 13.9. The van der Waals surface area contributed by atoms with E-state index in [4.69, 9.17) is 14.3 Å². The minimum absolute atomic E-state index is 0.178. The number of ether oxygens (including phenoxy) is 2. The SMILES string of the molecule is C#C.CO/N=C1/C(=C\c2ccc(-n3cnc(C)c3)c(OC)c2)OCCN1C.Fc1ccccc1. The smallest absolute Gasteiger partial charge is 0.210 e. The molecule has 1 aliphatic rings. The third-order valence-corrected chi connectivity index (χ3v) is 4.67. The summed E-state index contributed by atoms with van der Waals surface area (Å²) >= 11 is 0. The highest BCUT2D eigenvalue weighted by atomic mass is 19.1. The molecule has 1 aliphatic heterocycles. The highest BCUT2D eigenvalue weighted by molar-refractivity contribution is 6.00. The van der Waals surface area contributed by atoms with Crippen LogP contribution in [-0.2, 0) is 9.57 Å². The van der Waals surface area contributed by atoms with Crippen molar-refractivity contribution in [2.75, 3.05) is 34.4 Å². The Morgan fingerprint density at radius 1 is 1.15 bits per heavy atom. The van der Waals surface area contributed by atoms with Gasteiger partial charge in [0.05, 0.1) is 31.4 Å². The lowest BCUT2D eigenvalue weighted by Gasteiger charge is -2.27. The average molecular weight is 465 g/mol. The summed E-state index contributed by atoms with van der Waals surface area (Å²) in [6.45, 7) is 3.33. The van der Waals surface area contributed by atoms with Crippen LogP contribution in [0.5, 0.6) is 5.75 Å². The lowest BCUT2D eigenvalue weighted by atomic mass is 10.1. The number of nitrogens with zero attached hydrogens (tertiary/aromatic N) is 4. The maximum atomic E-state index is 11.9. The lowest BCUT2D eigenvalue weighted by Crippen LogP contribution is -2.37. The monoisotopic (exact) mass is 464 g/mol. The Hall–Kier alpha value is -4.25. The number of aryl methyl sites for hydroxylation is 1. The highest BCUT2D eigenvalue weighted by Gasteiger charge is 2.20. The molecule has 1 aromatic heterocycles. The van der Waals surface area contributed by atoms with Gasteiger partial charge in [-0.3, -0.25) is 0 Å². The van der Waals surface area contributed by atoms with Gasteiger partial charge in [-0.15, -0.1) is 12.8 Å². The van der Waals surface area contributed by atoms with Crippen molar-refractivity contribution in [2.24, 2.45) is 5.16 Å². The molecule has 0 bridgehead atoms. The van der Waals surface area contributed by atoms with E-state index in [0.29, 0.717) is 18.2 Å². The molecular formula is C26H29FN4O3. The fraction of sp³-hybridized carbons (Fsp3) is 0.231. The topological polar surface area (TPSA) is 61.1 Å². The number of methoxy groups -OCH3 is 1. The molecule has 2 aromatic carbocycles. The van der Waals surface area contributed by atoms with Crippen LogP contribution in [0.15, 0.2) is 72.0 Å². The predicted molar refractivity (Wildman–Crippen MR) is 132 cm³/mol. The van der Waals surface area contributed by atoms with E-state index in [1.165, 1.54) is 19.2 Å². The van der Waals surface area contributed by atoms with Gasteiger partial charge in [0.2, 0.25) is 5.84 Å². The quantitative estimate of drug-likeness (QED) is 0.420. The van der Waals surface area contributed by atoms with Crippen molar-refractivity contribution in [2.45, 2.75) is 6.92 Å². The Balaban J connectivity index is 0.000000384. The first kappa shape index (κ1) is 26.0. The maximum Gasteiger partial charge on any atom is 0.210 e. The Bertz CT molecular complexity index is 1120. The molecule has 7 nitrogen and oxygen atoms in total. The van der Waals surface area contributed by atoms with Gasteiger partial charge < -0.3 is 23.8 Å². The van der Waals surface area contributed by atoms with Crippen molar-refractivity contribution in [1.29, 1.82) is 0 Å². The average Bonchev–Trinajstić information content (AvgIpc) is 3.29. The first-order valence-electron chi connectivity index (χ1n) is 10.4.